The van der Waals surface area contributed by atoms with Gasteiger partial charge in [0.25, 0.3) is 0 Å². The Labute approximate surface area is 116 Å². The molecule has 2 rings (SSSR count). The number of sulfonamides is 1. The molecule has 0 radical (unpaired) electrons. The van der Waals surface area contributed by atoms with E-state index >= 15 is 0 Å². The zero-order chi connectivity index (χ0) is 14.8. The highest BCUT2D eigenvalue weighted by Gasteiger charge is 2.29. The van der Waals surface area contributed by atoms with Gasteiger partial charge >= 0.3 is 0 Å². The number of hydrogen-bond acceptors (Lipinski definition) is 5. The average molecular weight is 301 g/mol. The molecule has 2 heterocycles. The first-order chi connectivity index (χ1) is 9.39. The number of halogens is 1. The molecule has 0 bridgehead atoms. The molecule has 0 aromatic carbocycles. The van der Waals surface area contributed by atoms with Crippen LogP contribution in [0.1, 0.15) is 0 Å². The Morgan fingerprint density at radius 2 is 2.00 bits per heavy atom. The largest absolute Gasteiger partial charge is 0.387 e. The van der Waals surface area contributed by atoms with Crippen molar-refractivity contribution in [3.8, 4) is 0 Å². The van der Waals surface area contributed by atoms with Crippen LogP contribution in [-0.2, 0) is 10.0 Å². The molecule has 9 heteroatoms. The molecule has 1 saturated heterocycles. The fourth-order valence-electron chi connectivity index (χ4n) is 2.05. The first-order valence-corrected chi connectivity index (χ1v) is 7.49. The lowest BCUT2D eigenvalue weighted by Gasteiger charge is -2.33. The molecule has 0 amide bonds. The summed E-state index contributed by atoms with van der Waals surface area (Å²) in [7, 11) is -3.72. The minimum atomic E-state index is -3.72. The van der Waals surface area contributed by atoms with Crippen LogP contribution in [0.3, 0.4) is 0 Å². The van der Waals surface area contributed by atoms with E-state index in [1.807, 2.05) is 4.90 Å². The van der Waals surface area contributed by atoms with Crippen molar-refractivity contribution in [2.75, 3.05) is 32.7 Å². The van der Waals surface area contributed by atoms with Gasteiger partial charge in [-0.25, -0.2) is 12.8 Å². The van der Waals surface area contributed by atoms with Gasteiger partial charge in [0.2, 0.25) is 10.0 Å². The van der Waals surface area contributed by atoms with Crippen LogP contribution >= 0.6 is 0 Å². The van der Waals surface area contributed by atoms with Gasteiger partial charge in [0.15, 0.2) is 0 Å². The summed E-state index contributed by atoms with van der Waals surface area (Å²) < 4.78 is 39.0. The maximum atomic E-state index is 13.1. The topological polar surface area (TPSA) is 103 Å². The molecule has 20 heavy (non-hydrogen) atoms. The lowest BCUT2D eigenvalue weighted by atomic mass is 10.3. The fraction of sp³-hybridized carbons (Fsp3) is 0.455. The summed E-state index contributed by atoms with van der Waals surface area (Å²) in [6, 6.07) is 0.963. The molecule has 0 unspecified atom stereocenters. The highest BCUT2D eigenvalue weighted by molar-refractivity contribution is 7.89. The van der Waals surface area contributed by atoms with Gasteiger partial charge in [0.05, 0.1) is 12.7 Å². The third-order valence-corrected chi connectivity index (χ3v) is 4.91. The first-order valence-electron chi connectivity index (χ1n) is 6.05. The number of nitrogens with two attached hydrogens (primary N) is 1. The quantitative estimate of drug-likeness (QED) is 0.574. The molecule has 0 aliphatic carbocycles. The minimum absolute atomic E-state index is 0.0515. The van der Waals surface area contributed by atoms with Crippen LogP contribution in [0.2, 0.25) is 0 Å². The van der Waals surface area contributed by atoms with Gasteiger partial charge in [-0.2, -0.15) is 4.31 Å². The van der Waals surface area contributed by atoms with E-state index in [4.69, 9.17) is 11.1 Å². The van der Waals surface area contributed by atoms with Gasteiger partial charge in [-0.3, -0.25) is 15.3 Å². The Bertz CT molecular complexity index is 599. The Balaban J connectivity index is 2.08. The second-order valence-corrected chi connectivity index (χ2v) is 6.48. The van der Waals surface area contributed by atoms with Crippen molar-refractivity contribution in [3.63, 3.8) is 0 Å². The molecule has 1 aromatic rings. The SMILES string of the molecule is N=C(N)CN1CCN(S(=O)(=O)c2cncc(F)c2)CC1. The molecule has 1 fully saturated rings. The molecule has 3 N–H and O–H groups in total. The molecular formula is C11H16FN5O2S. The molecular weight excluding hydrogens is 285 g/mol. The molecule has 1 aromatic heterocycles. The van der Waals surface area contributed by atoms with Crippen LogP contribution in [0.25, 0.3) is 0 Å². The Hall–Kier alpha value is -1.58. The second kappa shape index (κ2) is 5.81. The Morgan fingerprint density at radius 3 is 2.55 bits per heavy atom. The minimum Gasteiger partial charge on any atom is -0.387 e. The number of nitrogens with zero attached hydrogens (tertiary/aromatic N) is 3. The number of amidine groups is 1. The van der Waals surface area contributed by atoms with Crippen LogP contribution in [0, 0.1) is 11.2 Å². The summed E-state index contributed by atoms with van der Waals surface area (Å²) in [4.78, 5) is 5.32. The van der Waals surface area contributed by atoms with Gasteiger partial charge in [-0.05, 0) is 6.07 Å². The van der Waals surface area contributed by atoms with Crippen LogP contribution in [0.5, 0.6) is 0 Å². The number of piperazine rings is 1. The predicted molar refractivity (Wildman–Crippen MR) is 71.3 cm³/mol. The summed E-state index contributed by atoms with van der Waals surface area (Å²) in [5, 5.41) is 7.22. The van der Waals surface area contributed by atoms with E-state index in [0.29, 0.717) is 19.6 Å². The van der Waals surface area contributed by atoms with Crippen molar-refractivity contribution in [2.45, 2.75) is 4.90 Å². The molecule has 1 aliphatic rings. The summed E-state index contributed by atoms with van der Waals surface area (Å²) in [6.45, 7) is 1.87. The number of nitrogens with one attached hydrogen (secondary N) is 1. The van der Waals surface area contributed by atoms with Crippen molar-refractivity contribution in [1.82, 2.24) is 14.2 Å². The van der Waals surface area contributed by atoms with E-state index in [2.05, 4.69) is 4.98 Å². The van der Waals surface area contributed by atoms with Gasteiger partial charge < -0.3 is 5.73 Å². The first kappa shape index (κ1) is 14.8. The van der Waals surface area contributed by atoms with E-state index in [9.17, 15) is 12.8 Å². The van der Waals surface area contributed by atoms with Crippen molar-refractivity contribution >= 4 is 15.9 Å². The van der Waals surface area contributed by atoms with Crippen molar-refractivity contribution in [2.24, 2.45) is 5.73 Å². The highest BCUT2D eigenvalue weighted by atomic mass is 32.2. The Morgan fingerprint density at radius 1 is 1.35 bits per heavy atom. The van der Waals surface area contributed by atoms with Gasteiger partial charge in [-0.1, -0.05) is 0 Å². The number of pyridine rings is 1. The van der Waals surface area contributed by atoms with E-state index < -0.39 is 15.8 Å². The monoisotopic (exact) mass is 301 g/mol. The summed E-state index contributed by atoms with van der Waals surface area (Å²) in [5.74, 6) is -0.628. The van der Waals surface area contributed by atoms with Gasteiger partial charge in [0, 0.05) is 32.4 Å². The fourth-order valence-corrected chi connectivity index (χ4v) is 3.45. The summed E-state index contributed by atoms with van der Waals surface area (Å²) in [5.41, 5.74) is 5.31. The zero-order valence-corrected chi connectivity index (χ0v) is 11.6. The number of hydrogen-bond donors (Lipinski definition) is 2. The van der Waals surface area contributed by atoms with Gasteiger partial charge in [0.1, 0.15) is 16.5 Å². The van der Waals surface area contributed by atoms with Crippen molar-refractivity contribution in [1.29, 1.82) is 5.41 Å². The van der Waals surface area contributed by atoms with Crippen LogP contribution in [0.15, 0.2) is 23.4 Å². The molecule has 110 valence electrons. The molecule has 0 spiro atoms. The Kier molecular flexibility index (Phi) is 4.31. The summed E-state index contributed by atoms with van der Waals surface area (Å²) in [6.07, 6.45) is 2.10. The lowest BCUT2D eigenvalue weighted by molar-refractivity contribution is 0.208. The van der Waals surface area contributed by atoms with E-state index in [1.54, 1.807) is 0 Å². The standard InChI is InChI=1S/C11H16FN5O2S/c12-9-5-10(7-15-6-9)20(18,19)17-3-1-16(2-4-17)8-11(13)14/h5-7H,1-4,8H2,(H3,13,14). The van der Waals surface area contributed by atoms with Crippen molar-refractivity contribution in [3.05, 3.63) is 24.3 Å². The number of rotatable bonds is 4. The van der Waals surface area contributed by atoms with Crippen LogP contribution in [0.4, 0.5) is 4.39 Å². The molecule has 1 aliphatic heterocycles. The van der Waals surface area contributed by atoms with Crippen molar-refractivity contribution < 1.29 is 12.8 Å². The van der Waals surface area contributed by atoms with Gasteiger partial charge in [-0.15, -0.1) is 0 Å². The third-order valence-electron chi connectivity index (χ3n) is 3.04. The molecule has 7 nitrogen and oxygen atoms in total. The smallest absolute Gasteiger partial charge is 0.244 e. The second-order valence-electron chi connectivity index (χ2n) is 4.54. The summed E-state index contributed by atoms with van der Waals surface area (Å²) >= 11 is 0. The third kappa shape index (κ3) is 3.30. The van der Waals surface area contributed by atoms with E-state index in [0.717, 1.165) is 18.5 Å². The highest BCUT2D eigenvalue weighted by Crippen LogP contribution is 2.17. The molecule has 0 saturated carbocycles. The predicted octanol–water partition coefficient (Wildman–Crippen LogP) is -0.537. The lowest BCUT2D eigenvalue weighted by Crippen LogP contribution is -2.50. The van der Waals surface area contributed by atoms with E-state index in [-0.39, 0.29) is 23.8 Å². The maximum Gasteiger partial charge on any atom is 0.244 e. The maximum absolute atomic E-state index is 13.1. The molecule has 0 atom stereocenters. The zero-order valence-electron chi connectivity index (χ0n) is 10.8. The normalized spacial score (nSPS) is 18.1. The van der Waals surface area contributed by atoms with Crippen LogP contribution < -0.4 is 5.73 Å². The van der Waals surface area contributed by atoms with E-state index in [1.165, 1.54) is 4.31 Å². The van der Waals surface area contributed by atoms with Crippen LogP contribution in [-0.4, -0.2) is 61.2 Å². The average Bonchev–Trinajstić information content (AvgIpc) is 2.38. The number of aromatic nitrogens is 1.